The van der Waals surface area contributed by atoms with Gasteiger partial charge in [0.2, 0.25) is 0 Å². The summed E-state index contributed by atoms with van der Waals surface area (Å²) in [5.74, 6) is 0. The van der Waals surface area contributed by atoms with Gasteiger partial charge in [-0.15, -0.1) is 0 Å². The van der Waals surface area contributed by atoms with Crippen molar-refractivity contribution in [3.05, 3.63) is 47.0 Å². The van der Waals surface area contributed by atoms with Crippen molar-refractivity contribution < 1.29 is 0 Å². The van der Waals surface area contributed by atoms with Crippen molar-refractivity contribution in [1.29, 1.82) is 0 Å². The van der Waals surface area contributed by atoms with Crippen LogP contribution in [0.15, 0.2) is 24.5 Å². The summed E-state index contributed by atoms with van der Waals surface area (Å²) >= 11 is 0. The third kappa shape index (κ3) is 3.01. The molecule has 1 unspecified atom stereocenters. The van der Waals surface area contributed by atoms with Gasteiger partial charge in [-0.3, -0.25) is 9.67 Å². The molecule has 0 bridgehead atoms. The molecule has 4 nitrogen and oxygen atoms in total. The van der Waals surface area contributed by atoms with E-state index >= 15 is 0 Å². The lowest BCUT2D eigenvalue weighted by atomic mass is 10.0. The summed E-state index contributed by atoms with van der Waals surface area (Å²) in [5.41, 5.74) is 4.63. The second-order valence-electron chi connectivity index (χ2n) is 4.81. The Hall–Kier alpha value is -1.68. The van der Waals surface area contributed by atoms with Crippen LogP contribution in [0.4, 0.5) is 0 Å². The Labute approximate surface area is 114 Å². The molecule has 2 heterocycles. The van der Waals surface area contributed by atoms with Gasteiger partial charge < -0.3 is 5.32 Å². The molecule has 0 aliphatic heterocycles. The fourth-order valence-electron chi connectivity index (χ4n) is 2.38. The minimum absolute atomic E-state index is 0.151. The number of nitrogens with zero attached hydrogens (tertiary/aromatic N) is 3. The zero-order valence-corrected chi connectivity index (χ0v) is 12.1. The van der Waals surface area contributed by atoms with Gasteiger partial charge in [0.05, 0.1) is 17.4 Å². The summed E-state index contributed by atoms with van der Waals surface area (Å²) < 4.78 is 2.06. The number of aryl methyl sites for hydroxylation is 3. The van der Waals surface area contributed by atoms with Crippen LogP contribution in [0.25, 0.3) is 0 Å². The smallest absolute Gasteiger partial charge is 0.0763 e. The third-order valence-corrected chi connectivity index (χ3v) is 3.17. The van der Waals surface area contributed by atoms with E-state index in [1.165, 1.54) is 16.8 Å². The van der Waals surface area contributed by atoms with E-state index in [-0.39, 0.29) is 6.04 Å². The standard InChI is InChI=1S/C15H22N4/c1-5-17-15(13-7-11(3)9-16-10-13)14-8-12(4)18-19(14)6-2/h7-10,15,17H,5-6H2,1-4H3. The fourth-order valence-corrected chi connectivity index (χ4v) is 2.38. The van der Waals surface area contributed by atoms with Gasteiger partial charge in [0.25, 0.3) is 0 Å². The highest BCUT2D eigenvalue weighted by atomic mass is 15.3. The largest absolute Gasteiger partial charge is 0.305 e. The van der Waals surface area contributed by atoms with Crippen LogP contribution in [0.5, 0.6) is 0 Å². The number of hydrogen-bond acceptors (Lipinski definition) is 3. The van der Waals surface area contributed by atoms with Gasteiger partial charge >= 0.3 is 0 Å². The van der Waals surface area contributed by atoms with E-state index in [0.29, 0.717) is 0 Å². The number of aromatic nitrogens is 3. The Kier molecular flexibility index (Phi) is 4.32. The summed E-state index contributed by atoms with van der Waals surface area (Å²) in [6.45, 7) is 10.1. The summed E-state index contributed by atoms with van der Waals surface area (Å²) in [5, 5.41) is 8.07. The molecule has 0 saturated carbocycles. The molecule has 102 valence electrons. The maximum absolute atomic E-state index is 4.54. The number of nitrogens with one attached hydrogen (secondary N) is 1. The Morgan fingerprint density at radius 1 is 1.21 bits per heavy atom. The van der Waals surface area contributed by atoms with E-state index in [2.05, 4.69) is 53.0 Å². The van der Waals surface area contributed by atoms with Crippen molar-refractivity contribution in [2.75, 3.05) is 6.54 Å². The van der Waals surface area contributed by atoms with E-state index in [4.69, 9.17) is 0 Å². The molecule has 2 aromatic heterocycles. The van der Waals surface area contributed by atoms with Gasteiger partial charge in [0, 0.05) is 18.9 Å². The van der Waals surface area contributed by atoms with Crippen LogP contribution in [-0.2, 0) is 6.54 Å². The van der Waals surface area contributed by atoms with Crippen molar-refractivity contribution in [1.82, 2.24) is 20.1 Å². The average Bonchev–Trinajstić information content (AvgIpc) is 2.77. The molecule has 19 heavy (non-hydrogen) atoms. The number of hydrogen-bond donors (Lipinski definition) is 1. The molecule has 0 aromatic carbocycles. The van der Waals surface area contributed by atoms with Crippen molar-refractivity contribution in [2.24, 2.45) is 0 Å². The van der Waals surface area contributed by atoms with Gasteiger partial charge in [0.15, 0.2) is 0 Å². The number of pyridine rings is 1. The molecule has 0 aliphatic carbocycles. The zero-order valence-electron chi connectivity index (χ0n) is 12.1. The van der Waals surface area contributed by atoms with Crippen molar-refractivity contribution in [3.8, 4) is 0 Å². The van der Waals surface area contributed by atoms with Crippen molar-refractivity contribution in [2.45, 2.75) is 40.3 Å². The van der Waals surface area contributed by atoms with Crippen molar-refractivity contribution in [3.63, 3.8) is 0 Å². The highest BCUT2D eigenvalue weighted by molar-refractivity contribution is 5.29. The molecule has 0 amide bonds. The normalized spacial score (nSPS) is 12.6. The summed E-state index contributed by atoms with van der Waals surface area (Å²) in [7, 11) is 0. The maximum atomic E-state index is 4.54. The Morgan fingerprint density at radius 3 is 2.63 bits per heavy atom. The van der Waals surface area contributed by atoms with Gasteiger partial charge in [-0.05, 0) is 44.5 Å². The SMILES string of the molecule is CCNC(c1cncc(C)c1)c1cc(C)nn1CC. The molecule has 0 aliphatic rings. The summed E-state index contributed by atoms with van der Waals surface area (Å²) in [6, 6.07) is 4.49. The third-order valence-electron chi connectivity index (χ3n) is 3.17. The Bertz CT molecular complexity index is 545. The van der Waals surface area contributed by atoms with Crippen LogP contribution < -0.4 is 5.32 Å². The van der Waals surface area contributed by atoms with Gasteiger partial charge in [-0.2, -0.15) is 5.10 Å². The predicted octanol–water partition coefficient (Wildman–Crippen LogP) is 2.61. The van der Waals surface area contributed by atoms with Crippen LogP contribution in [0.2, 0.25) is 0 Å². The van der Waals surface area contributed by atoms with Crippen LogP contribution in [0, 0.1) is 13.8 Å². The molecule has 2 aromatic rings. The lowest BCUT2D eigenvalue weighted by molar-refractivity contribution is 0.540. The molecule has 0 saturated heterocycles. The topological polar surface area (TPSA) is 42.7 Å². The monoisotopic (exact) mass is 258 g/mol. The van der Waals surface area contributed by atoms with Gasteiger partial charge in [-0.1, -0.05) is 13.0 Å². The molecule has 4 heteroatoms. The molecule has 0 fully saturated rings. The highest BCUT2D eigenvalue weighted by Gasteiger charge is 2.18. The number of rotatable bonds is 5. The first-order valence-electron chi connectivity index (χ1n) is 6.85. The molecular weight excluding hydrogens is 236 g/mol. The van der Waals surface area contributed by atoms with E-state index in [0.717, 1.165) is 18.8 Å². The van der Waals surface area contributed by atoms with Crippen LogP contribution in [0.3, 0.4) is 0 Å². The molecule has 0 spiro atoms. The highest BCUT2D eigenvalue weighted by Crippen LogP contribution is 2.23. The Morgan fingerprint density at radius 2 is 2.00 bits per heavy atom. The second-order valence-corrected chi connectivity index (χ2v) is 4.81. The first kappa shape index (κ1) is 13.7. The predicted molar refractivity (Wildman–Crippen MR) is 77.1 cm³/mol. The van der Waals surface area contributed by atoms with Crippen LogP contribution in [-0.4, -0.2) is 21.3 Å². The van der Waals surface area contributed by atoms with E-state index in [1.54, 1.807) is 0 Å². The van der Waals surface area contributed by atoms with Gasteiger partial charge in [0.1, 0.15) is 0 Å². The van der Waals surface area contributed by atoms with Gasteiger partial charge in [-0.25, -0.2) is 0 Å². The van der Waals surface area contributed by atoms with E-state index < -0.39 is 0 Å². The summed E-state index contributed by atoms with van der Waals surface area (Å²) in [6.07, 6.45) is 3.82. The fraction of sp³-hybridized carbons (Fsp3) is 0.467. The maximum Gasteiger partial charge on any atom is 0.0763 e. The van der Waals surface area contributed by atoms with Crippen LogP contribution >= 0.6 is 0 Å². The second kappa shape index (κ2) is 5.97. The zero-order chi connectivity index (χ0) is 13.8. The Balaban J connectivity index is 2.44. The van der Waals surface area contributed by atoms with Crippen LogP contribution in [0.1, 0.15) is 42.4 Å². The molecule has 0 radical (unpaired) electrons. The molecule has 1 N–H and O–H groups in total. The molecule has 2 rings (SSSR count). The lowest BCUT2D eigenvalue weighted by Gasteiger charge is -2.19. The van der Waals surface area contributed by atoms with Crippen molar-refractivity contribution >= 4 is 0 Å². The lowest BCUT2D eigenvalue weighted by Crippen LogP contribution is -2.25. The molecule has 1 atom stereocenters. The van der Waals surface area contributed by atoms with E-state index in [9.17, 15) is 0 Å². The molecular formula is C15H22N4. The minimum atomic E-state index is 0.151. The summed E-state index contributed by atoms with van der Waals surface area (Å²) in [4.78, 5) is 4.31. The first-order valence-corrected chi connectivity index (χ1v) is 6.85. The first-order chi connectivity index (χ1) is 9.15. The minimum Gasteiger partial charge on any atom is -0.305 e. The quantitative estimate of drug-likeness (QED) is 0.896. The average molecular weight is 258 g/mol. The van der Waals surface area contributed by atoms with E-state index in [1.807, 2.05) is 19.3 Å².